The van der Waals surface area contributed by atoms with Crippen molar-refractivity contribution in [3.8, 4) is 11.3 Å². The van der Waals surface area contributed by atoms with Gasteiger partial charge < -0.3 is 5.32 Å². The highest BCUT2D eigenvalue weighted by atomic mass is 32.2. The molecule has 3 rings (SSSR count). The maximum absolute atomic E-state index is 12.5. The minimum atomic E-state index is -3.35. The third-order valence-electron chi connectivity index (χ3n) is 4.48. The number of Topliss-reactive ketones (excluding diaryl/α,β-unsaturated/α-hetero) is 1. The second-order valence-corrected chi connectivity index (χ2v) is 10.6. The van der Waals surface area contributed by atoms with Crippen molar-refractivity contribution < 1.29 is 18.0 Å². The van der Waals surface area contributed by atoms with E-state index in [1.807, 2.05) is 30.3 Å². The lowest BCUT2D eigenvalue weighted by Gasteiger charge is -2.08. The van der Waals surface area contributed by atoms with Crippen molar-refractivity contribution in [1.29, 1.82) is 0 Å². The molecule has 0 spiro atoms. The normalized spacial score (nSPS) is 11.5. The Kier molecular flexibility index (Phi) is 6.48. The summed E-state index contributed by atoms with van der Waals surface area (Å²) in [6.07, 6.45) is 0.0671. The first-order valence-corrected chi connectivity index (χ1v) is 11.7. The first kappa shape index (κ1) is 21.9. The van der Waals surface area contributed by atoms with Crippen molar-refractivity contribution >= 4 is 38.0 Å². The maximum atomic E-state index is 12.5. The van der Waals surface area contributed by atoms with Gasteiger partial charge in [-0.3, -0.25) is 9.59 Å². The van der Waals surface area contributed by atoms with Crippen LogP contribution >= 0.6 is 11.3 Å². The zero-order valence-electron chi connectivity index (χ0n) is 16.9. The van der Waals surface area contributed by atoms with Crippen molar-refractivity contribution in [3.05, 3.63) is 65.0 Å². The van der Waals surface area contributed by atoms with Gasteiger partial charge >= 0.3 is 0 Å². The Morgan fingerprint density at radius 1 is 1.03 bits per heavy atom. The molecule has 0 unspecified atom stereocenters. The van der Waals surface area contributed by atoms with Gasteiger partial charge in [0.25, 0.3) is 0 Å². The number of aromatic nitrogens is 1. The lowest BCUT2D eigenvalue weighted by Crippen LogP contribution is -2.15. The molecule has 0 saturated carbocycles. The fourth-order valence-electron chi connectivity index (χ4n) is 2.82. The summed E-state index contributed by atoms with van der Waals surface area (Å²) in [5.74, 6) is -0.410. The van der Waals surface area contributed by atoms with Crippen molar-refractivity contribution in [2.75, 3.05) is 5.32 Å². The minimum Gasteiger partial charge on any atom is -0.302 e. The zero-order chi connectivity index (χ0) is 21.9. The van der Waals surface area contributed by atoms with Crippen LogP contribution in [0.3, 0.4) is 0 Å². The molecule has 1 heterocycles. The summed E-state index contributed by atoms with van der Waals surface area (Å²) in [6, 6.07) is 15.6. The average Bonchev–Trinajstić information content (AvgIpc) is 3.13. The van der Waals surface area contributed by atoms with Gasteiger partial charge in [-0.25, -0.2) is 13.4 Å². The van der Waals surface area contributed by atoms with Crippen molar-refractivity contribution in [1.82, 2.24) is 4.98 Å². The topological polar surface area (TPSA) is 93.2 Å². The molecule has 6 nitrogen and oxygen atoms in total. The van der Waals surface area contributed by atoms with Crippen LogP contribution in [0.1, 0.15) is 36.0 Å². The van der Waals surface area contributed by atoms with Gasteiger partial charge in [-0.2, -0.15) is 0 Å². The molecule has 0 saturated heterocycles. The number of nitrogens with zero attached hydrogens (tertiary/aromatic N) is 1. The fourth-order valence-corrected chi connectivity index (χ4v) is 4.78. The Labute approximate surface area is 179 Å². The molecule has 0 fully saturated rings. The second-order valence-electron chi connectivity index (χ2n) is 7.08. The number of amides is 1. The van der Waals surface area contributed by atoms with Gasteiger partial charge in [0.05, 0.1) is 27.1 Å². The monoisotopic (exact) mass is 442 g/mol. The highest BCUT2D eigenvalue weighted by molar-refractivity contribution is 7.92. The van der Waals surface area contributed by atoms with Crippen molar-refractivity contribution in [3.63, 3.8) is 0 Å². The quantitative estimate of drug-likeness (QED) is 0.548. The first-order valence-electron chi connectivity index (χ1n) is 9.38. The number of hydrogen-bond donors (Lipinski definition) is 1. The molecular formula is C22H22N2O4S2. The van der Waals surface area contributed by atoms with Crippen LogP contribution in [0.25, 0.3) is 11.3 Å². The van der Waals surface area contributed by atoms with Crippen LogP contribution in [-0.4, -0.2) is 30.3 Å². The molecule has 0 bridgehead atoms. The van der Waals surface area contributed by atoms with Crippen LogP contribution in [0.15, 0.2) is 59.5 Å². The Bertz CT molecular complexity index is 1170. The Morgan fingerprint density at radius 2 is 1.67 bits per heavy atom. The van der Waals surface area contributed by atoms with E-state index in [-0.39, 0.29) is 23.0 Å². The standard InChI is InChI=1S/C22H22N2O4S2/c1-14(2)30(27,28)18-11-9-16(10-12-18)13-19(26)23-22-24-20(21(29-22)15(3)25)17-7-5-4-6-8-17/h4-12,14H,13H2,1-3H3,(H,23,24,26). The smallest absolute Gasteiger partial charge is 0.230 e. The highest BCUT2D eigenvalue weighted by Gasteiger charge is 2.20. The molecule has 0 atom stereocenters. The largest absolute Gasteiger partial charge is 0.302 e. The van der Waals surface area contributed by atoms with Crippen LogP contribution in [-0.2, 0) is 21.1 Å². The molecule has 0 aliphatic carbocycles. The molecule has 1 N–H and O–H groups in total. The number of carbonyl (C=O) groups is 2. The molecule has 30 heavy (non-hydrogen) atoms. The first-order chi connectivity index (χ1) is 14.2. The third-order valence-corrected chi connectivity index (χ3v) is 7.72. The molecule has 2 aromatic carbocycles. The SMILES string of the molecule is CC(=O)c1sc(NC(=O)Cc2ccc(S(=O)(=O)C(C)C)cc2)nc1-c1ccccc1. The summed E-state index contributed by atoms with van der Waals surface area (Å²) >= 11 is 1.14. The van der Waals surface area contributed by atoms with Crippen LogP contribution in [0, 0.1) is 0 Å². The molecule has 8 heteroatoms. The van der Waals surface area contributed by atoms with Gasteiger partial charge in [0, 0.05) is 12.5 Å². The number of nitrogens with one attached hydrogen (secondary N) is 1. The number of hydrogen-bond acceptors (Lipinski definition) is 6. The van der Waals surface area contributed by atoms with E-state index in [1.165, 1.54) is 19.1 Å². The molecule has 156 valence electrons. The van der Waals surface area contributed by atoms with Crippen molar-refractivity contribution in [2.24, 2.45) is 0 Å². The van der Waals surface area contributed by atoms with E-state index in [0.717, 1.165) is 16.9 Å². The third kappa shape index (κ3) is 4.83. The predicted molar refractivity (Wildman–Crippen MR) is 119 cm³/mol. The van der Waals surface area contributed by atoms with Gasteiger partial charge in [0.15, 0.2) is 20.8 Å². The summed E-state index contributed by atoms with van der Waals surface area (Å²) in [4.78, 5) is 29.6. The number of anilines is 1. The van der Waals surface area contributed by atoms with Crippen molar-refractivity contribution in [2.45, 2.75) is 37.3 Å². The summed E-state index contributed by atoms with van der Waals surface area (Å²) in [5.41, 5.74) is 2.04. The van der Waals surface area contributed by atoms with E-state index in [1.54, 1.807) is 26.0 Å². The van der Waals surface area contributed by atoms with Gasteiger partial charge in [-0.1, -0.05) is 53.8 Å². The number of rotatable bonds is 7. The van der Waals surface area contributed by atoms with Gasteiger partial charge in [-0.15, -0.1) is 0 Å². The highest BCUT2D eigenvalue weighted by Crippen LogP contribution is 2.31. The van der Waals surface area contributed by atoms with Gasteiger partial charge in [0.1, 0.15) is 0 Å². The number of sulfone groups is 1. The Balaban J connectivity index is 1.75. The molecular weight excluding hydrogens is 420 g/mol. The summed E-state index contributed by atoms with van der Waals surface area (Å²) in [6.45, 7) is 4.73. The Hall–Kier alpha value is -2.84. The molecule has 0 aliphatic heterocycles. The average molecular weight is 443 g/mol. The van der Waals surface area contributed by atoms with Gasteiger partial charge in [0.2, 0.25) is 5.91 Å². The van der Waals surface area contributed by atoms with E-state index in [4.69, 9.17) is 0 Å². The fraction of sp³-hybridized carbons (Fsp3) is 0.227. The van der Waals surface area contributed by atoms with Crippen LogP contribution in [0.2, 0.25) is 0 Å². The number of thiazole rings is 1. The molecule has 3 aromatic rings. The minimum absolute atomic E-state index is 0.0671. The lowest BCUT2D eigenvalue weighted by atomic mass is 10.1. The van der Waals surface area contributed by atoms with Gasteiger partial charge in [-0.05, 0) is 31.5 Å². The van der Waals surface area contributed by atoms with E-state index >= 15 is 0 Å². The molecule has 1 amide bonds. The maximum Gasteiger partial charge on any atom is 0.230 e. The number of benzene rings is 2. The van der Waals surface area contributed by atoms with Crippen LogP contribution < -0.4 is 5.32 Å². The predicted octanol–water partition coefficient (Wildman–Crippen LogP) is 4.38. The molecule has 0 aliphatic rings. The molecule has 0 radical (unpaired) electrons. The van der Waals surface area contributed by atoms with E-state index in [2.05, 4.69) is 10.3 Å². The second kappa shape index (κ2) is 8.89. The summed E-state index contributed by atoms with van der Waals surface area (Å²) < 4.78 is 24.4. The van der Waals surface area contributed by atoms with E-state index in [9.17, 15) is 18.0 Å². The summed E-state index contributed by atoms with van der Waals surface area (Å²) in [5, 5.41) is 2.58. The van der Waals surface area contributed by atoms with Crippen LogP contribution in [0.4, 0.5) is 5.13 Å². The van der Waals surface area contributed by atoms with E-state index < -0.39 is 15.1 Å². The molecule has 1 aromatic heterocycles. The Morgan fingerprint density at radius 3 is 2.23 bits per heavy atom. The number of ketones is 1. The summed E-state index contributed by atoms with van der Waals surface area (Å²) in [7, 11) is -3.35. The lowest BCUT2D eigenvalue weighted by molar-refractivity contribution is -0.115. The zero-order valence-corrected chi connectivity index (χ0v) is 18.5. The van der Waals surface area contributed by atoms with E-state index in [0.29, 0.717) is 21.3 Å². The number of carbonyl (C=O) groups excluding carboxylic acids is 2. The van der Waals surface area contributed by atoms with Crippen LogP contribution in [0.5, 0.6) is 0 Å².